The van der Waals surface area contributed by atoms with Crippen LogP contribution in [-0.4, -0.2) is 45.8 Å². The molecule has 0 aliphatic carbocycles. The number of amides is 2. The fraction of sp³-hybridized carbons (Fsp3) is 0.269. The van der Waals surface area contributed by atoms with E-state index < -0.39 is 18.2 Å². The van der Waals surface area contributed by atoms with Crippen LogP contribution in [0.3, 0.4) is 0 Å². The number of carboxylic acid groups (broad SMARTS) is 1. The van der Waals surface area contributed by atoms with Crippen molar-refractivity contribution >= 4 is 12.2 Å². The molecule has 1 aliphatic heterocycles. The second-order valence-corrected chi connectivity index (χ2v) is 8.08. The third-order valence-corrected chi connectivity index (χ3v) is 5.84. The minimum absolute atomic E-state index is 0.160. The summed E-state index contributed by atoms with van der Waals surface area (Å²) in [5.41, 5.74) is 3.50. The molecule has 7 nitrogen and oxygen atoms in total. The van der Waals surface area contributed by atoms with Gasteiger partial charge in [0.15, 0.2) is 0 Å². The predicted octanol–water partition coefficient (Wildman–Crippen LogP) is 4.73. The van der Waals surface area contributed by atoms with Crippen LogP contribution in [0.15, 0.2) is 78.9 Å². The predicted molar refractivity (Wildman–Crippen MR) is 125 cm³/mol. The number of pyridine rings is 1. The highest BCUT2D eigenvalue weighted by atomic mass is 16.5. The zero-order valence-electron chi connectivity index (χ0n) is 18.3. The van der Waals surface area contributed by atoms with Gasteiger partial charge in [0.2, 0.25) is 0 Å². The monoisotopic (exact) mass is 445 g/mol. The summed E-state index contributed by atoms with van der Waals surface area (Å²) in [6.45, 7) is 0.586. The third-order valence-electron chi connectivity index (χ3n) is 5.84. The van der Waals surface area contributed by atoms with Crippen LogP contribution in [0, 0.1) is 0 Å². The van der Waals surface area contributed by atoms with Gasteiger partial charge in [-0.2, -0.15) is 0 Å². The van der Waals surface area contributed by atoms with Gasteiger partial charge in [-0.25, -0.2) is 9.59 Å². The average molecular weight is 446 g/mol. The van der Waals surface area contributed by atoms with Crippen molar-refractivity contribution in [2.75, 3.05) is 6.54 Å². The van der Waals surface area contributed by atoms with E-state index in [-0.39, 0.29) is 12.6 Å². The van der Waals surface area contributed by atoms with E-state index in [1.54, 1.807) is 0 Å². The van der Waals surface area contributed by atoms with Gasteiger partial charge in [-0.05, 0) is 30.5 Å². The molecule has 1 fully saturated rings. The molecule has 2 N–H and O–H groups in total. The molecular formula is C26H27N3O4. The SMILES string of the molecule is O=C(NC1CCCN(C(=O)O)C1Cc1cccc(-c2ccccc2)n1)OCc1ccccc1. The lowest BCUT2D eigenvalue weighted by Crippen LogP contribution is -2.57. The maximum absolute atomic E-state index is 12.5. The van der Waals surface area contributed by atoms with Gasteiger partial charge in [0.05, 0.1) is 17.8 Å². The first kappa shape index (κ1) is 22.3. The van der Waals surface area contributed by atoms with E-state index in [0.29, 0.717) is 25.8 Å². The largest absolute Gasteiger partial charge is 0.465 e. The van der Waals surface area contributed by atoms with Crippen LogP contribution < -0.4 is 5.32 Å². The van der Waals surface area contributed by atoms with Crippen molar-refractivity contribution in [3.63, 3.8) is 0 Å². The highest BCUT2D eigenvalue weighted by molar-refractivity contribution is 5.69. The number of rotatable bonds is 6. The molecule has 2 atom stereocenters. The molecule has 1 aliphatic rings. The Labute approximate surface area is 193 Å². The molecule has 170 valence electrons. The van der Waals surface area contributed by atoms with Crippen molar-refractivity contribution in [1.29, 1.82) is 0 Å². The molecule has 0 spiro atoms. The van der Waals surface area contributed by atoms with Crippen LogP contribution in [-0.2, 0) is 17.8 Å². The van der Waals surface area contributed by atoms with Crippen LogP contribution in [0.4, 0.5) is 9.59 Å². The zero-order valence-corrected chi connectivity index (χ0v) is 18.3. The average Bonchev–Trinajstić information content (AvgIpc) is 2.85. The Morgan fingerprint density at radius 1 is 1.00 bits per heavy atom. The van der Waals surface area contributed by atoms with E-state index in [4.69, 9.17) is 9.72 Å². The van der Waals surface area contributed by atoms with Crippen LogP contribution in [0.1, 0.15) is 24.1 Å². The Kier molecular flexibility index (Phi) is 7.19. The van der Waals surface area contributed by atoms with Gasteiger partial charge in [-0.15, -0.1) is 0 Å². The summed E-state index contributed by atoms with van der Waals surface area (Å²) < 4.78 is 5.37. The quantitative estimate of drug-likeness (QED) is 0.572. The molecule has 33 heavy (non-hydrogen) atoms. The van der Waals surface area contributed by atoms with Crippen molar-refractivity contribution < 1.29 is 19.4 Å². The second-order valence-electron chi connectivity index (χ2n) is 8.08. The summed E-state index contributed by atoms with van der Waals surface area (Å²) in [6, 6.07) is 24.2. The number of carbonyl (C=O) groups is 2. The number of carbonyl (C=O) groups excluding carboxylic acids is 1. The smallest absolute Gasteiger partial charge is 0.407 e. The minimum Gasteiger partial charge on any atom is -0.465 e. The standard InChI is InChI=1S/C26H27N3O4/c30-25(33-18-19-9-3-1-4-10-19)28-23-15-8-16-29(26(31)32)24(23)17-21-13-7-14-22(27-21)20-11-5-2-6-12-20/h1-7,9-14,23-24H,8,15-18H2,(H,28,30)(H,31,32). The first-order valence-corrected chi connectivity index (χ1v) is 11.1. The van der Waals surface area contributed by atoms with Gasteiger partial charge in [-0.1, -0.05) is 66.7 Å². The lowest BCUT2D eigenvalue weighted by molar-refractivity contribution is 0.0810. The number of nitrogens with zero attached hydrogens (tertiary/aromatic N) is 2. The number of alkyl carbamates (subject to hydrolysis) is 1. The molecule has 4 rings (SSSR count). The van der Waals surface area contributed by atoms with Crippen molar-refractivity contribution in [2.45, 2.75) is 38.0 Å². The number of hydrogen-bond acceptors (Lipinski definition) is 4. The Morgan fingerprint density at radius 3 is 2.45 bits per heavy atom. The van der Waals surface area contributed by atoms with Gasteiger partial charge < -0.3 is 20.1 Å². The summed E-state index contributed by atoms with van der Waals surface area (Å²) in [5.74, 6) is 0. The van der Waals surface area contributed by atoms with Gasteiger partial charge in [0.1, 0.15) is 6.61 Å². The van der Waals surface area contributed by atoms with Gasteiger partial charge >= 0.3 is 12.2 Å². The second kappa shape index (κ2) is 10.6. The molecule has 2 amide bonds. The molecule has 0 saturated carbocycles. The van der Waals surface area contributed by atoms with Gasteiger partial charge in [0.25, 0.3) is 0 Å². The van der Waals surface area contributed by atoms with Gasteiger partial charge in [-0.3, -0.25) is 4.98 Å². The van der Waals surface area contributed by atoms with E-state index in [1.807, 2.05) is 78.9 Å². The van der Waals surface area contributed by atoms with Crippen molar-refractivity contribution in [3.05, 3.63) is 90.1 Å². The number of nitrogens with one attached hydrogen (secondary N) is 1. The maximum Gasteiger partial charge on any atom is 0.407 e. The molecule has 1 saturated heterocycles. The minimum atomic E-state index is -0.997. The fourth-order valence-electron chi connectivity index (χ4n) is 4.21. The zero-order chi connectivity index (χ0) is 23.0. The molecule has 7 heteroatoms. The highest BCUT2D eigenvalue weighted by Gasteiger charge is 2.36. The molecule has 2 heterocycles. The molecule has 2 unspecified atom stereocenters. The van der Waals surface area contributed by atoms with E-state index in [2.05, 4.69) is 5.32 Å². The molecule has 3 aromatic rings. The van der Waals surface area contributed by atoms with E-state index in [1.165, 1.54) is 4.90 Å². The highest BCUT2D eigenvalue weighted by Crippen LogP contribution is 2.23. The number of piperidine rings is 1. The Hall–Kier alpha value is -3.87. The molecule has 1 aromatic heterocycles. The number of aromatic nitrogens is 1. The topological polar surface area (TPSA) is 91.8 Å². The fourth-order valence-corrected chi connectivity index (χ4v) is 4.21. The lowest BCUT2D eigenvalue weighted by atomic mass is 9.92. The summed E-state index contributed by atoms with van der Waals surface area (Å²) >= 11 is 0. The molecule has 0 radical (unpaired) electrons. The molecular weight excluding hydrogens is 418 g/mol. The molecule has 0 bridgehead atoms. The van der Waals surface area contributed by atoms with Crippen molar-refractivity contribution in [3.8, 4) is 11.3 Å². The summed E-state index contributed by atoms with van der Waals surface area (Å²) in [5, 5.41) is 12.7. The summed E-state index contributed by atoms with van der Waals surface area (Å²) in [4.78, 5) is 30.6. The van der Waals surface area contributed by atoms with Crippen molar-refractivity contribution in [1.82, 2.24) is 15.2 Å². The Bertz CT molecular complexity index is 1080. The first-order chi connectivity index (χ1) is 16.1. The van der Waals surface area contributed by atoms with E-state index >= 15 is 0 Å². The summed E-state index contributed by atoms with van der Waals surface area (Å²) in [7, 11) is 0. The first-order valence-electron chi connectivity index (χ1n) is 11.1. The van der Waals surface area contributed by atoms with Crippen LogP contribution in [0.5, 0.6) is 0 Å². The van der Waals surface area contributed by atoms with E-state index in [9.17, 15) is 14.7 Å². The maximum atomic E-state index is 12.5. The molecule has 2 aromatic carbocycles. The Morgan fingerprint density at radius 2 is 1.73 bits per heavy atom. The third kappa shape index (κ3) is 5.88. The van der Waals surface area contributed by atoms with Crippen LogP contribution in [0.2, 0.25) is 0 Å². The summed E-state index contributed by atoms with van der Waals surface area (Å²) in [6.07, 6.45) is 0.198. The number of likely N-dealkylation sites (tertiary alicyclic amines) is 1. The van der Waals surface area contributed by atoms with Crippen LogP contribution in [0.25, 0.3) is 11.3 Å². The Balaban J connectivity index is 1.47. The lowest BCUT2D eigenvalue weighted by Gasteiger charge is -2.39. The number of ether oxygens (including phenoxy) is 1. The van der Waals surface area contributed by atoms with E-state index in [0.717, 1.165) is 22.5 Å². The van der Waals surface area contributed by atoms with Crippen molar-refractivity contribution in [2.24, 2.45) is 0 Å². The van der Waals surface area contributed by atoms with Gasteiger partial charge in [0, 0.05) is 24.2 Å². The van der Waals surface area contributed by atoms with Crippen LogP contribution >= 0.6 is 0 Å². The number of benzene rings is 2. The number of hydrogen-bond donors (Lipinski definition) is 2. The normalized spacial score (nSPS) is 17.9.